The van der Waals surface area contributed by atoms with Gasteiger partial charge in [-0.05, 0) is 26.3 Å². The summed E-state index contributed by atoms with van der Waals surface area (Å²) in [6, 6.07) is 0. The quantitative estimate of drug-likeness (QED) is 0.275. The molecule has 0 saturated carbocycles. The second-order valence-electron chi connectivity index (χ2n) is 7.73. The number of carbonyl (C=O) groups excluding carboxylic acids is 2. The maximum atomic E-state index is 12.3. The summed E-state index contributed by atoms with van der Waals surface area (Å²) in [5.41, 5.74) is 0. The molecule has 0 amide bonds. The van der Waals surface area contributed by atoms with Gasteiger partial charge in [-0.25, -0.2) is 0 Å². The van der Waals surface area contributed by atoms with E-state index in [-0.39, 0.29) is 25.1 Å². The molecule has 0 fully saturated rings. The second-order valence-corrected chi connectivity index (χ2v) is 7.73. The van der Waals surface area contributed by atoms with Crippen LogP contribution in [0.1, 0.15) is 91.4 Å². The number of esters is 2. The van der Waals surface area contributed by atoms with Crippen molar-refractivity contribution in [2.45, 2.75) is 104 Å². The molecule has 0 rings (SSSR count). The van der Waals surface area contributed by atoms with Crippen molar-refractivity contribution in [2.24, 2.45) is 0 Å². The van der Waals surface area contributed by atoms with Crippen LogP contribution in [0.15, 0.2) is 0 Å². The van der Waals surface area contributed by atoms with E-state index in [2.05, 4.69) is 13.8 Å². The minimum Gasteiger partial charge on any atom is -0.465 e. The molecule has 1 N–H and O–H groups in total. The molecule has 0 aromatic heterocycles. The number of aliphatic hydroxyl groups excluding tert-OH is 1. The van der Waals surface area contributed by atoms with Gasteiger partial charge in [-0.15, -0.1) is 0 Å². The molecular weight excluding hydrogens is 358 g/mol. The van der Waals surface area contributed by atoms with Crippen LogP contribution in [0.25, 0.3) is 0 Å². The molecule has 2 unspecified atom stereocenters. The Morgan fingerprint density at radius 2 is 1.50 bits per heavy atom. The Balaban J connectivity index is 4.32. The van der Waals surface area contributed by atoms with Gasteiger partial charge in [-0.1, -0.05) is 65.2 Å². The SMILES string of the molecule is CCCCCCCCC(O)C(CCCCC)OC(=O)CN(C)CCOC(C)=O. The van der Waals surface area contributed by atoms with Crippen molar-refractivity contribution in [3.8, 4) is 0 Å². The van der Waals surface area contributed by atoms with Gasteiger partial charge in [0.15, 0.2) is 0 Å². The van der Waals surface area contributed by atoms with Crippen molar-refractivity contribution in [3.63, 3.8) is 0 Å². The number of aliphatic hydroxyl groups is 1. The lowest BCUT2D eigenvalue weighted by Gasteiger charge is -2.25. The van der Waals surface area contributed by atoms with Gasteiger partial charge in [0.1, 0.15) is 12.7 Å². The monoisotopic (exact) mass is 401 g/mol. The Bertz CT molecular complexity index is 402. The molecule has 0 spiro atoms. The van der Waals surface area contributed by atoms with Crippen molar-refractivity contribution in [1.82, 2.24) is 4.90 Å². The molecular formula is C22H43NO5. The maximum Gasteiger partial charge on any atom is 0.320 e. The molecule has 0 heterocycles. The Hall–Kier alpha value is -1.14. The Morgan fingerprint density at radius 3 is 2.14 bits per heavy atom. The highest BCUT2D eigenvalue weighted by Crippen LogP contribution is 2.17. The van der Waals surface area contributed by atoms with Crippen LogP contribution in [0.4, 0.5) is 0 Å². The molecule has 0 radical (unpaired) electrons. The molecule has 0 saturated heterocycles. The number of rotatable bonds is 18. The third-order valence-corrected chi connectivity index (χ3v) is 4.83. The fourth-order valence-electron chi connectivity index (χ4n) is 3.10. The van der Waals surface area contributed by atoms with Gasteiger partial charge >= 0.3 is 11.9 Å². The number of hydrogen-bond donors (Lipinski definition) is 1. The summed E-state index contributed by atoms with van der Waals surface area (Å²) in [6.45, 7) is 6.53. The first-order valence-electron chi connectivity index (χ1n) is 11.1. The van der Waals surface area contributed by atoms with Crippen LogP contribution in [-0.4, -0.2) is 60.9 Å². The van der Waals surface area contributed by atoms with Gasteiger partial charge in [0.2, 0.25) is 0 Å². The van der Waals surface area contributed by atoms with Crippen molar-refractivity contribution >= 4 is 11.9 Å². The molecule has 28 heavy (non-hydrogen) atoms. The standard InChI is InChI=1S/C22H43NO5/c1-5-7-9-10-11-13-14-20(25)21(15-12-8-6-2)28-22(26)18-23(4)16-17-27-19(3)24/h20-21,25H,5-18H2,1-4H3. The number of ether oxygens (including phenoxy) is 2. The molecule has 0 aromatic carbocycles. The van der Waals surface area contributed by atoms with Crippen LogP contribution in [0.2, 0.25) is 0 Å². The van der Waals surface area contributed by atoms with Crippen LogP contribution >= 0.6 is 0 Å². The van der Waals surface area contributed by atoms with Gasteiger partial charge in [-0.2, -0.15) is 0 Å². The number of likely N-dealkylation sites (N-methyl/N-ethyl adjacent to an activating group) is 1. The average Bonchev–Trinajstić information content (AvgIpc) is 2.63. The Morgan fingerprint density at radius 1 is 0.929 bits per heavy atom. The first-order chi connectivity index (χ1) is 13.4. The molecule has 0 aromatic rings. The van der Waals surface area contributed by atoms with Gasteiger partial charge in [-0.3, -0.25) is 14.5 Å². The van der Waals surface area contributed by atoms with Crippen LogP contribution < -0.4 is 0 Å². The van der Waals surface area contributed by atoms with Gasteiger partial charge in [0, 0.05) is 13.5 Å². The third-order valence-electron chi connectivity index (χ3n) is 4.83. The minimum atomic E-state index is -0.599. The van der Waals surface area contributed by atoms with E-state index in [1.807, 2.05) is 0 Å². The zero-order valence-corrected chi connectivity index (χ0v) is 18.6. The highest BCUT2D eigenvalue weighted by atomic mass is 16.6. The van der Waals surface area contributed by atoms with Crippen molar-refractivity contribution < 1.29 is 24.2 Å². The highest BCUT2D eigenvalue weighted by molar-refractivity contribution is 5.71. The smallest absolute Gasteiger partial charge is 0.320 e. The maximum absolute atomic E-state index is 12.3. The van der Waals surface area contributed by atoms with E-state index >= 15 is 0 Å². The average molecular weight is 402 g/mol. The van der Waals surface area contributed by atoms with Crippen molar-refractivity contribution in [3.05, 3.63) is 0 Å². The summed E-state index contributed by atoms with van der Waals surface area (Å²) in [5, 5.41) is 10.5. The molecule has 6 nitrogen and oxygen atoms in total. The van der Waals surface area contributed by atoms with Gasteiger partial charge in [0.05, 0.1) is 12.6 Å². The Kier molecular flexibility index (Phi) is 17.2. The summed E-state index contributed by atoms with van der Waals surface area (Å²) in [4.78, 5) is 24.8. The predicted octanol–water partition coefficient (Wildman–Crippen LogP) is 4.08. The summed E-state index contributed by atoms with van der Waals surface area (Å²) < 4.78 is 10.5. The fraction of sp³-hybridized carbons (Fsp3) is 0.909. The van der Waals surface area contributed by atoms with E-state index in [1.54, 1.807) is 11.9 Å². The molecule has 6 heteroatoms. The van der Waals surface area contributed by atoms with Crippen LogP contribution in [0.5, 0.6) is 0 Å². The topological polar surface area (TPSA) is 76.1 Å². The summed E-state index contributed by atoms with van der Waals surface area (Å²) in [6.07, 6.45) is 10.5. The lowest BCUT2D eigenvalue weighted by molar-refractivity contribution is -0.157. The Labute approximate surface area is 172 Å². The second kappa shape index (κ2) is 17.9. The van der Waals surface area contributed by atoms with Gasteiger partial charge < -0.3 is 14.6 Å². The zero-order valence-electron chi connectivity index (χ0n) is 18.6. The van der Waals surface area contributed by atoms with Gasteiger partial charge in [0.25, 0.3) is 0 Å². The van der Waals surface area contributed by atoms with E-state index in [1.165, 1.54) is 32.6 Å². The molecule has 0 aliphatic carbocycles. The molecule has 166 valence electrons. The van der Waals surface area contributed by atoms with Crippen LogP contribution in [-0.2, 0) is 19.1 Å². The summed E-state index contributed by atoms with van der Waals surface area (Å²) >= 11 is 0. The van der Waals surface area contributed by atoms with Crippen LogP contribution in [0, 0.1) is 0 Å². The lowest BCUT2D eigenvalue weighted by atomic mass is 10.00. The van der Waals surface area contributed by atoms with E-state index in [0.29, 0.717) is 19.4 Å². The van der Waals surface area contributed by atoms with E-state index in [4.69, 9.17) is 9.47 Å². The van der Waals surface area contributed by atoms with Crippen LogP contribution in [0.3, 0.4) is 0 Å². The third kappa shape index (κ3) is 15.9. The lowest BCUT2D eigenvalue weighted by Crippen LogP contribution is -2.36. The molecule has 2 atom stereocenters. The summed E-state index contributed by atoms with van der Waals surface area (Å²) in [7, 11) is 1.78. The predicted molar refractivity (Wildman–Crippen MR) is 112 cm³/mol. The van der Waals surface area contributed by atoms with Crippen molar-refractivity contribution in [1.29, 1.82) is 0 Å². The number of unbranched alkanes of at least 4 members (excludes halogenated alkanes) is 7. The van der Waals surface area contributed by atoms with Crippen molar-refractivity contribution in [2.75, 3.05) is 26.7 Å². The number of carbonyl (C=O) groups is 2. The highest BCUT2D eigenvalue weighted by Gasteiger charge is 2.23. The fourth-order valence-corrected chi connectivity index (χ4v) is 3.10. The zero-order chi connectivity index (χ0) is 21.2. The largest absolute Gasteiger partial charge is 0.465 e. The molecule has 0 bridgehead atoms. The first-order valence-corrected chi connectivity index (χ1v) is 11.1. The molecule has 0 aliphatic rings. The van der Waals surface area contributed by atoms with E-state index < -0.39 is 12.2 Å². The number of nitrogens with zero attached hydrogens (tertiary/aromatic N) is 1. The minimum absolute atomic E-state index is 0.120. The molecule has 0 aliphatic heterocycles. The first kappa shape index (κ1) is 26.9. The summed E-state index contributed by atoms with van der Waals surface area (Å²) in [5.74, 6) is -0.668. The van der Waals surface area contributed by atoms with E-state index in [0.717, 1.165) is 32.1 Å². The van der Waals surface area contributed by atoms with E-state index in [9.17, 15) is 14.7 Å². The normalized spacial score (nSPS) is 13.4. The number of hydrogen-bond acceptors (Lipinski definition) is 6.